The van der Waals surface area contributed by atoms with Gasteiger partial charge in [0, 0.05) is 45.7 Å². The smallest absolute Gasteiger partial charge is 0.245 e. The van der Waals surface area contributed by atoms with Gasteiger partial charge in [-0.2, -0.15) is 0 Å². The molecule has 2 aromatic rings. The Bertz CT molecular complexity index is 3250. The average molecular weight is 1440 g/mol. The Hall–Kier alpha value is -10.6. The first-order valence-corrected chi connectivity index (χ1v) is 34.8. The van der Waals surface area contributed by atoms with Gasteiger partial charge in [-0.15, -0.1) is 0 Å². The predicted molar refractivity (Wildman–Crippen MR) is 387 cm³/mol. The summed E-state index contributed by atoms with van der Waals surface area (Å²) in [4.78, 5) is 175. The molecule has 37 heteroatoms. The molecule has 0 bridgehead atoms. The largest absolute Gasteiger partial charge is 0.508 e. The summed E-state index contributed by atoms with van der Waals surface area (Å²) in [5.74, 6) is -9.49. The number of amides is 11. The van der Waals surface area contributed by atoms with E-state index in [2.05, 4.69) is 62.5 Å². The van der Waals surface area contributed by atoms with E-state index in [4.69, 9.17) is 63.1 Å². The van der Waals surface area contributed by atoms with E-state index in [-0.39, 0.29) is 165 Å². The number of nitrogens with one attached hydrogen (secondary N) is 8. The lowest BCUT2D eigenvalue weighted by atomic mass is 10.00. The molecule has 2 saturated heterocycles. The van der Waals surface area contributed by atoms with Crippen molar-refractivity contribution in [3.8, 4) is 5.75 Å². The topological polar surface area (TPSA) is 646 Å². The number of aromatic hydroxyl groups is 1. The Morgan fingerprint density at radius 3 is 1.32 bits per heavy atom. The molecule has 0 spiro atoms. The first kappa shape index (κ1) is 84.8. The summed E-state index contributed by atoms with van der Waals surface area (Å²) in [6.07, 6.45) is 2.46. The number of phenolic OH excluding ortho intramolecular Hbond substituents is 1. The summed E-state index contributed by atoms with van der Waals surface area (Å²) in [5, 5.41) is 31.4. The summed E-state index contributed by atoms with van der Waals surface area (Å²) in [6.45, 7) is 3.71. The van der Waals surface area contributed by atoms with E-state index in [1.54, 1.807) is 56.3 Å². The Morgan fingerprint density at radius 2 is 0.864 bits per heavy atom. The highest BCUT2D eigenvalue weighted by atomic mass is 16.3. The molecule has 570 valence electrons. The van der Waals surface area contributed by atoms with E-state index in [1.165, 1.54) is 21.9 Å². The molecule has 0 aromatic heterocycles. The van der Waals surface area contributed by atoms with Crippen LogP contribution in [0.3, 0.4) is 0 Å². The summed E-state index contributed by atoms with van der Waals surface area (Å²) in [7, 11) is 0. The van der Waals surface area contributed by atoms with E-state index < -0.39 is 132 Å². The number of nitrogens with two attached hydrogens (primary N) is 11. The van der Waals surface area contributed by atoms with Gasteiger partial charge in [-0.05, 0) is 145 Å². The van der Waals surface area contributed by atoms with Gasteiger partial charge in [-0.3, -0.25) is 72.7 Å². The van der Waals surface area contributed by atoms with Crippen molar-refractivity contribution in [3.63, 3.8) is 0 Å². The maximum atomic E-state index is 14.9. The van der Waals surface area contributed by atoms with E-state index >= 15 is 0 Å². The summed E-state index contributed by atoms with van der Waals surface area (Å²) in [6, 6.07) is 2.22. The third-order valence-electron chi connectivity index (χ3n) is 17.0. The van der Waals surface area contributed by atoms with Crippen LogP contribution >= 0.6 is 0 Å². The van der Waals surface area contributed by atoms with E-state index in [1.807, 2.05) is 0 Å². The van der Waals surface area contributed by atoms with Gasteiger partial charge in [0.2, 0.25) is 65.0 Å². The van der Waals surface area contributed by atoms with E-state index in [0.29, 0.717) is 43.4 Å². The second kappa shape index (κ2) is 44.6. The van der Waals surface area contributed by atoms with Crippen LogP contribution in [0, 0.1) is 5.92 Å². The quantitative estimate of drug-likeness (QED) is 0.0167. The molecule has 0 saturated carbocycles. The van der Waals surface area contributed by atoms with Crippen molar-refractivity contribution in [2.24, 2.45) is 89.0 Å². The Balaban J connectivity index is 1.64. The third-order valence-corrected chi connectivity index (χ3v) is 17.0. The highest BCUT2D eigenvalue weighted by Crippen LogP contribution is 2.22. The predicted octanol–water partition coefficient (Wildman–Crippen LogP) is -6.13. The standard InChI is InChI=1S/C66H109N25O12/c1-38(2)34-48(88-59(100)49(36-39-14-4-3-5-15-39)89-60(101)50-21-12-32-90(50)52(93)37-82-54(95)42(68)35-40-23-25-41(92)26-24-40)58(99)86-45(18-9-29-79-64(72)73)56(97)84-44(17-8-28-78-63(70)71)55(96)85-46(19-10-30-80-65(74)75)57(98)87-47(20-11-31-81-66(76)77)62(103)91-33-13-22-51(91)61(102)83-43(53(69)94)16-6-7-27-67/h3-5,14-15,23-26,38,42-51,92H,6-13,16-22,27-37,67-68H2,1-2H3,(H2,69,94)(H,82,95)(H,83,102)(H,84,97)(H,85,96)(H,86,99)(H,87,98)(H,88,100)(H,89,101)(H4,70,71,78)(H4,72,73,79)(H4,74,75,80)(H4,76,77,81)/t42-,43-,44-,45-,46-,47-,48-,49-,50-,51-/m0/s1. The number of unbranched alkanes of at least 4 members (excludes halogenated alkanes) is 1. The molecule has 37 nitrogen and oxygen atoms in total. The fourth-order valence-corrected chi connectivity index (χ4v) is 11.7. The first-order valence-electron chi connectivity index (χ1n) is 34.8. The van der Waals surface area contributed by atoms with Gasteiger partial charge in [0.1, 0.15) is 60.1 Å². The number of guanidine groups is 4. The van der Waals surface area contributed by atoms with Crippen molar-refractivity contribution >= 4 is 88.8 Å². The fourth-order valence-electron chi connectivity index (χ4n) is 11.7. The van der Waals surface area contributed by atoms with Crippen LogP contribution in [0.15, 0.2) is 74.6 Å². The molecule has 2 aromatic carbocycles. The van der Waals surface area contributed by atoms with Gasteiger partial charge in [0.15, 0.2) is 23.8 Å². The van der Waals surface area contributed by atoms with Gasteiger partial charge in [0.25, 0.3) is 0 Å². The summed E-state index contributed by atoms with van der Waals surface area (Å²) in [5.41, 5.74) is 63.7. The number of hydrogen-bond acceptors (Lipinski definition) is 18. The molecular weight excluding hydrogens is 1330 g/mol. The van der Waals surface area contributed by atoms with Crippen LogP contribution in [-0.2, 0) is 65.6 Å². The van der Waals surface area contributed by atoms with Crippen LogP contribution < -0.4 is 106 Å². The summed E-state index contributed by atoms with van der Waals surface area (Å²) < 4.78 is 0. The maximum Gasteiger partial charge on any atom is 0.245 e. The lowest BCUT2D eigenvalue weighted by Gasteiger charge is -2.31. The molecule has 2 aliphatic heterocycles. The van der Waals surface area contributed by atoms with Crippen molar-refractivity contribution in [3.05, 3.63) is 65.7 Å². The lowest BCUT2D eigenvalue weighted by Crippen LogP contribution is -2.60. The number of phenols is 1. The van der Waals surface area contributed by atoms with Crippen LogP contribution in [0.5, 0.6) is 5.75 Å². The molecule has 0 unspecified atom stereocenters. The van der Waals surface area contributed by atoms with Gasteiger partial charge in [-0.1, -0.05) is 56.3 Å². The Labute approximate surface area is 599 Å². The lowest BCUT2D eigenvalue weighted by molar-refractivity contribution is -0.142. The van der Waals surface area contributed by atoms with Crippen molar-refractivity contribution in [1.82, 2.24) is 52.3 Å². The SMILES string of the molecule is CC(C)C[C@H](NC(=O)[C@H](Cc1ccccc1)NC(=O)[C@@H]1CCCN1C(=O)CNC(=O)[C@@H](N)Cc1ccc(O)cc1)C(=O)N[C@@H](CCCN=C(N)N)C(=O)N[C@@H](CCCN=C(N)N)C(=O)N[C@@H](CCCN=C(N)N)C(=O)N[C@@H](CCCN=C(N)N)C(=O)N1CCC[C@H]1C(=O)N[C@@H](CCCCN)C(N)=O. The fraction of sp³-hybridized carbons (Fsp3) is 0.591. The van der Waals surface area contributed by atoms with E-state index in [0.717, 1.165) is 0 Å². The Kier molecular flexibility index (Phi) is 36.7. The number of hydrogen-bond donors (Lipinski definition) is 20. The normalized spacial score (nSPS) is 16.3. The number of nitrogens with zero attached hydrogens (tertiary/aromatic N) is 6. The molecular formula is C66H109N25O12. The van der Waals surface area contributed by atoms with Gasteiger partial charge >= 0.3 is 0 Å². The molecule has 2 aliphatic rings. The molecule has 0 radical (unpaired) electrons. The van der Waals surface area contributed by atoms with Crippen molar-refractivity contribution in [2.75, 3.05) is 52.4 Å². The van der Waals surface area contributed by atoms with E-state index in [9.17, 15) is 57.8 Å². The molecule has 2 heterocycles. The molecule has 11 amide bonds. The number of carbonyl (C=O) groups is 11. The number of carbonyl (C=O) groups excluding carboxylic acids is 11. The van der Waals surface area contributed by atoms with Crippen LogP contribution in [0.1, 0.15) is 128 Å². The highest BCUT2D eigenvalue weighted by Gasteiger charge is 2.41. The van der Waals surface area contributed by atoms with Crippen molar-refractivity contribution < 1.29 is 57.8 Å². The number of primary amides is 1. The minimum Gasteiger partial charge on any atom is -0.508 e. The highest BCUT2D eigenvalue weighted by molar-refractivity contribution is 5.99. The van der Waals surface area contributed by atoms with Gasteiger partial charge in [0.05, 0.1) is 12.6 Å². The molecule has 0 aliphatic carbocycles. The molecule has 31 N–H and O–H groups in total. The number of likely N-dealkylation sites (tertiary alicyclic amines) is 2. The number of benzene rings is 2. The third kappa shape index (κ3) is 31.0. The number of aliphatic imine (C=N–C) groups is 4. The molecule has 2 fully saturated rings. The first-order chi connectivity index (χ1) is 49.0. The average Bonchev–Trinajstić information content (AvgIpc) is 1.75. The van der Waals surface area contributed by atoms with Crippen LogP contribution in [0.25, 0.3) is 0 Å². The molecule has 10 atom stereocenters. The minimum absolute atomic E-state index is 0.00755. The zero-order valence-corrected chi connectivity index (χ0v) is 58.9. The van der Waals surface area contributed by atoms with Gasteiger partial charge < -0.3 is 121 Å². The zero-order valence-electron chi connectivity index (χ0n) is 58.9. The monoisotopic (exact) mass is 1440 g/mol. The van der Waals surface area contributed by atoms with Crippen molar-refractivity contribution in [2.45, 2.75) is 190 Å². The molecule has 4 rings (SSSR count). The Morgan fingerprint density at radius 1 is 0.466 bits per heavy atom. The second-order valence-corrected chi connectivity index (χ2v) is 25.9. The van der Waals surface area contributed by atoms with Crippen LogP contribution in [0.2, 0.25) is 0 Å². The second-order valence-electron chi connectivity index (χ2n) is 25.9. The van der Waals surface area contributed by atoms with Gasteiger partial charge in [-0.25, -0.2) is 0 Å². The molecule has 103 heavy (non-hydrogen) atoms. The number of rotatable bonds is 45. The van der Waals surface area contributed by atoms with Crippen LogP contribution in [0.4, 0.5) is 0 Å². The zero-order chi connectivity index (χ0) is 76.1. The maximum absolute atomic E-state index is 14.9. The minimum atomic E-state index is -1.49. The van der Waals surface area contributed by atoms with Crippen molar-refractivity contribution in [1.29, 1.82) is 0 Å². The van der Waals surface area contributed by atoms with Crippen LogP contribution in [-0.4, -0.2) is 217 Å². The summed E-state index contributed by atoms with van der Waals surface area (Å²) >= 11 is 0.